The van der Waals surface area contributed by atoms with Gasteiger partial charge in [0.1, 0.15) is 5.75 Å². The van der Waals surface area contributed by atoms with E-state index in [1.807, 2.05) is 0 Å². The van der Waals surface area contributed by atoms with E-state index < -0.39 is 0 Å². The van der Waals surface area contributed by atoms with Gasteiger partial charge in [-0.15, -0.1) is 0 Å². The topological polar surface area (TPSA) is 85.7 Å². The summed E-state index contributed by atoms with van der Waals surface area (Å²) in [6.45, 7) is 2.17. The minimum absolute atomic E-state index is 0.0766. The molecule has 1 saturated heterocycles. The number of aryl methyl sites for hydroxylation is 1. The molecule has 0 radical (unpaired) electrons. The van der Waals surface area contributed by atoms with Crippen molar-refractivity contribution in [1.29, 1.82) is 0 Å². The van der Waals surface area contributed by atoms with Gasteiger partial charge < -0.3 is 19.7 Å². The average Bonchev–Trinajstić information content (AvgIpc) is 2.80. The Balaban J connectivity index is 1.61. The van der Waals surface area contributed by atoms with Crippen LogP contribution in [0.4, 0.5) is 11.4 Å². The highest BCUT2D eigenvalue weighted by atomic mass is 35.5. The highest BCUT2D eigenvalue weighted by Gasteiger charge is 2.19. The molecule has 1 aromatic heterocycles. The van der Waals surface area contributed by atoms with Crippen LogP contribution in [0.2, 0.25) is 5.02 Å². The third kappa shape index (κ3) is 4.87. The minimum atomic E-state index is -0.364. The monoisotopic (exact) mass is 440 g/mol. The summed E-state index contributed by atoms with van der Waals surface area (Å²) in [5.41, 5.74) is 0.959. The number of anilines is 2. The number of carbonyl (C=O) groups excluding carboxylic acids is 1. The first-order valence-electron chi connectivity index (χ1n) is 9.75. The van der Waals surface area contributed by atoms with Crippen molar-refractivity contribution in [3.8, 4) is 11.5 Å². The summed E-state index contributed by atoms with van der Waals surface area (Å²) < 4.78 is 12.4. The van der Waals surface area contributed by atoms with Crippen molar-refractivity contribution in [2.45, 2.75) is 0 Å². The number of rotatable bonds is 5. The lowest BCUT2D eigenvalue weighted by Crippen LogP contribution is -2.40. The Bertz CT molecular complexity index is 1140. The molecule has 1 amide bonds. The molecule has 31 heavy (non-hydrogen) atoms. The summed E-state index contributed by atoms with van der Waals surface area (Å²) in [5.74, 6) is 0.696. The van der Waals surface area contributed by atoms with Gasteiger partial charge in [-0.05, 0) is 42.5 Å². The molecule has 2 aromatic carbocycles. The molecule has 0 unspecified atom stereocenters. The third-order valence-corrected chi connectivity index (χ3v) is 5.07. The maximum absolute atomic E-state index is 12.8. The number of aromatic nitrogens is 2. The van der Waals surface area contributed by atoms with E-state index in [9.17, 15) is 9.59 Å². The molecule has 2 heterocycles. The zero-order valence-corrected chi connectivity index (χ0v) is 17.6. The number of hydrogen-bond acceptors (Lipinski definition) is 6. The predicted molar refractivity (Wildman–Crippen MR) is 117 cm³/mol. The second-order valence-corrected chi connectivity index (χ2v) is 7.42. The maximum Gasteiger partial charge on any atom is 0.294 e. The van der Waals surface area contributed by atoms with E-state index in [-0.39, 0.29) is 22.9 Å². The van der Waals surface area contributed by atoms with E-state index in [4.69, 9.17) is 21.1 Å². The molecular formula is C22H21ClN4O4. The van der Waals surface area contributed by atoms with Crippen molar-refractivity contribution in [3.05, 3.63) is 75.7 Å². The Morgan fingerprint density at radius 1 is 1.16 bits per heavy atom. The lowest BCUT2D eigenvalue weighted by Gasteiger charge is -2.27. The van der Waals surface area contributed by atoms with Crippen LogP contribution in [0, 0.1) is 0 Å². The number of ether oxygens (including phenoxy) is 2. The molecule has 0 aliphatic carbocycles. The van der Waals surface area contributed by atoms with Crippen LogP contribution in [-0.2, 0) is 11.8 Å². The molecule has 8 nitrogen and oxygen atoms in total. The van der Waals surface area contributed by atoms with Gasteiger partial charge in [-0.3, -0.25) is 9.59 Å². The highest BCUT2D eigenvalue weighted by Crippen LogP contribution is 2.29. The van der Waals surface area contributed by atoms with Crippen LogP contribution >= 0.6 is 11.6 Å². The van der Waals surface area contributed by atoms with Gasteiger partial charge in [0.2, 0.25) is 0 Å². The van der Waals surface area contributed by atoms with Crippen molar-refractivity contribution < 1.29 is 14.3 Å². The van der Waals surface area contributed by atoms with Crippen LogP contribution in [0.15, 0.2) is 59.5 Å². The first kappa shape index (κ1) is 20.9. The van der Waals surface area contributed by atoms with Crippen molar-refractivity contribution in [3.63, 3.8) is 0 Å². The van der Waals surface area contributed by atoms with E-state index in [0.29, 0.717) is 48.3 Å². The lowest BCUT2D eigenvalue weighted by atomic mass is 10.1. The molecule has 1 aliphatic rings. The number of morpholine rings is 1. The fourth-order valence-corrected chi connectivity index (χ4v) is 3.29. The fraction of sp³-hybridized carbons (Fsp3) is 0.227. The van der Waals surface area contributed by atoms with Crippen molar-refractivity contribution in [2.75, 3.05) is 31.6 Å². The summed E-state index contributed by atoms with van der Waals surface area (Å²) in [6, 6.07) is 13.8. The fourth-order valence-electron chi connectivity index (χ4n) is 3.17. The summed E-state index contributed by atoms with van der Waals surface area (Å²) in [5, 5.41) is 7.71. The molecule has 0 spiro atoms. The Labute approximate surface area is 184 Å². The normalized spacial score (nSPS) is 13.7. The smallest absolute Gasteiger partial charge is 0.294 e. The van der Waals surface area contributed by atoms with Crippen LogP contribution in [0.1, 0.15) is 10.4 Å². The molecule has 0 bridgehead atoms. The molecule has 0 atom stereocenters. The van der Waals surface area contributed by atoms with Gasteiger partial charge in [0.15, 0.2) is 11.4 Å². The Morgan fingerprint density at radius 3 is 2.65 bits per heavy atom. The molecule has 0 saturated carbocycles. The lowest BCUT2D eigenvalue weighted by molar-refractivity contribution is 0.0303. The average molecular weight is 441 g/mol. The second kappa shape index (κ2) is 9.20. The van der Waals surface area contributed by atoms with Gasteiger partial charge in [-0.25, -0.2) is 4.68 Å². The number of nitrogens with zero attached hydrogens (tertiary/aromatic N) is 3. The molecule has 1 fully saturated rings. The van der Waals surface area contributed by atoms with Gasteiger partial charge in [0.05, 0.1) is 19.4 Å². The van der Waals surface area contributed by atoms with Crippen LogP contribution < -0.4 is 15.6 Å². The van der Waals surface area contributed by atoms with E-state index in [1.54, 1.807) is 60.5 Å². The van der Waals surface area contributed by atoms with Gasteiger partial charge in [-0.1, -0.05) is 17.7 Å². The quantitative estimate of drug-likeness (QED) is 0.654. The summed E-state index contributed by atoms with van der Waals surface area (Å²) in [4.78, 5) is 27.3. The number of carbonyl (C=O) groups is 1. The van der Waals surface area contributed by atoms with Crippen molar-refractivity contribution >= 4 is 28.9 Å². The third-order valence-electron chi connectivity index (χ3n) is 4.82. The molecule has 9 heteroatoms. The molecular weight excluding hydrogens is 420 g/mol. The zero-order valence-electron chi connectivity index (χ0n) is 16.9. The van der Waals surface area contributed by atoms with E-state index >= 15 is 0 Å². The summed E-state index contributed by atoms with van der Waals surface area (Å²) >= 11 is 5.92. The number of nitrogens with one attached hydrogen (secondary N) is 1. The first-order valence-corrected chi connectivity index (χ1v) is 10.1. The summed E-state index contributed by atoms with van der Waals surface area (Å²) in [6.07, 6.45) is 1.46. The standard InChI is InChI=1S/C22H21ClN4O4/c1-26-22(29)20(19(14-24-26)31-18-7-5-16(23)6-8-18)25-17-4-2-3-15(13-17)21(28)27-9-11-30-12-10-27/h2-8,13-14,25H,9-12H2,1H3. The van der Waals surface area contributed by atoms with E-state index in [0.717, 1.165) is 0 Å². The molecule has 1 aliphatic heterocycles. The first-order chi connectivity index (χ1) is 15.0. The summed E-state index contributed by atoms with van der Waals surface area (Å²) in [7, 11) is 1.55. The van der Waals surface area contributed by atoms with Crippen molar-refractivity contribution in [2.24, 2.45) is 7.05 Å². The number of amides is 1. The second-order valence-electron chi connectivity index (χ2n) is 6.98. The highest BCUT2D eigenvalue weighted by molar-refractivity contribution is 6.30. The Kier molecular flexibility index (Phi) is 6.20. The van der Waals surface area contributed by atoms with Gasteiger partial charge >= 0.3 is 0 Å². The number of benzene rings is 2. The molecule has 1 N–H and O–H groups in total. The van der Waals surface area contributed by atoms with Gasteiger partial charge in [0.25, 0.3) is 11.5 Å². The van der Waals surface area contributed by atoms with Gasteiger partial charge in [0, 0.05) is 36.4 Å². The largest absolute Gasteiger partial charge is 0.453 e. The van der Waals surface area contributed by atoms with Crippen LogP contribution in [0.25, 0.3) is 0 Å². The zero-order chi connectivity index (χ0) is 21.8. The number of halogens is 1. The van der Waals surface area contributed by atoms with Crippen molar-refractivity contribution in [1.82, 2.24) is 14.7 Å². The van der Waals surface area contributed by atoms with Gasteiger partial charge in [-0.2, -0.15) is 5.10 Å². The number of hydrogen-bond donors (Lipinski definition) is 1. The molecule has 3 aromatic rings. The van der Waals surface area contributed by atoms with E-state index in [1.165, 1.54) is 10.9 Å². The predicted octanol–water partition coefficient (Wildman–Crippen LogP) is 3.44. The molecule has 160 valence electrons. The Morgan fingerprint density at radius 2 is 1.90 bits per heavy atom. The van der Waals surface area contributed by atoms with Crippen LogP contribution in [-0.4, -0.2) is 46.9 Å². The minimum Gasteiger partial charge on any atom is -0.453 e. The Hall–Kier alpha value is -3.36. The van der Waals surface area contributed by atoms with Crippen LogP contribution in [0.5, 0.6) is 11.5 Å². The molecule has 4 rings (SSSR count). The van der Waals surface area contributed by atoms with E-state index in [2.05, 4.69) is 10.4 Å². The maximum atomic E-state index is 12.8. The van der Waals surface area contributed by atoms with Crippen LogP contribution in [0.3, 0.4) is 0 Å². The SMILES string of the molecule is Cn1ncc(Oc2ccc(Cl)cc2)c(Nc2cccc(C(=O)N3CCOCC3)c2)c1=O.